The van der Waals surface area contributed by atoms with Crippen molar-refractivity contribution in [1.29, 1.82) is 0 Å². The number of rotatable bonds is 15. The Morgan fingerprint density at radius 3 is 2.26 bits per heavy atom. The average Bonchev–Trinajstić information content (AvgIpc) is 3.33. The van der Waals surface area contributed by atoms with E-state index in [-0.39, 0.29) is 37.6 Å². The third kappa shape index (κ3) is 7.87. The van der Waals surface area contributed by atoms with Gasteiger partial charge in [-0.2, -0.15) is 0 Å². The van der Waals surface area contributed by atoms with Crippen LogP contribution in [0.5, 0.6) is 0 Å². The number of halogens is 1. The summed E-state index contributed by atoms with van der Waals surface area (Å²) >= 11 is 0. The van der Waals surface area contributed by atoms with Crippen molar-refractivity contribution in [2.24, 2.45) is 5.73 Å². The lowest BCUT2D eigenvalue weighted by molar-refractivity contribution is -0.138. The number of carbonyl (C=O) groups excluding carboxylic acids is 1. The minimum atomic E-state index is -4.46. The van der Waals surface area contributed by atoms with E-state index in [1.54, 1.807) is 16.8 Å². The van der Waals surface area contributed by atoms with Crippen molar-refractivity contribution >= 4 is 25.6 Å². The van der Waals surface area contributed by atoms with Crippen molar-refractivity contribution in [3.8, 4) is 11.3 Å². The Morgan fingerprint density at radius 2 is 1.70 bits per heavy atom. The number of ether oxygens (including phenoxy) is 2. The maximum absolute atomic E-state index is 14.2. The zero-order chi connectivity index (χ0) is 32.0. The van der Waals surface area contributed by atoms with Crippen molar-refractivity contribution < 1.29 is 35.5 Å². The standard InChI is InChI=1S/C29H39FN4O7S2/c1-29(42(4,36)37,43(5,38)39)27(34(26(35)20-41-3)15-14-24(31)19-40-2)28-32-25(22-12-9-13-23(30)16-22)18-33(28)17-21-10-7-6-8-11-21/h6-13,16,18,24,27H,14-15,17,19-20,31H2,1-5H3/t24-,27+/m0/s1. The van der Waals surface area contributed by atoms with Gasteiger partial charge < -0.3 is 24.7 Å². The highest BCUT2D eigenvalue weighted by Crippen LogP contribution is 2.42. The topological polar surface area (TPSA) is 151 Å². The zero-order valence-corrected chi connectivity index (χ0v) is 26.6. The van der Waals surface area contributed by atoms with Gasteiger partial charge in [-0.1, -0.05) is 42.5 Å². The molecule has 2 aromatic carbocycles. The van der Waals surface area contributed by atoms with Crippen LogP contribution in [0.15, 0.2) is 60.8 Å². The van der Waals surface area contributed by atoms with Gasteiger partial charge in [-0.3, -0.25) is 4.79 Å². The molecule has 2 N–H and O–H groups in total. The summed E-state index contributed by atoms with van der Waals surface area (Å²) in [5, 5.41) is 0. The van der Waals surface area contributed by atoms with Crippen molar-refractivity contribution in [2.75, 3.05) is 46.5 Å². The molecule has 0 radical (unpaired) electrons. The molecule has 0 unspecified atom stereocenters. The van der Waals surface area contributed by atoms with Crippen LogP contribution < -0.4 is 5.73 Å². The minimum absolute atomic E-state index is 0.0220. The van der Waals surface area contributed by atoms with Crippen LogP contribution in [0.2, 0.25) is 0 Å². The first-order valence-electron chi connectivity index (χ1n) is 13.4. The number of hydrogen-bond donors (Lipinski definition) is 1. The van der Waals surface area contributed by atoms with Gasteiger partial charge >= 0.3 is 0 Å². The average molecular weight is 639 g/mol. The number of sulfone groups is 2. The zero-order valence-electron chi connectivity index (χ0n) is 24.9. The smallest absolute Gasteiger partial charge is 0.249 e. The second kappa shape index (κ2) is 14.1. The Morgan fingerprint density at radius 1 is 1.05 bits per heavy atom. The minimum Gasteiger partial charge on any atom is -0.383 e. The summed E-state index contributed by atoms with van der Waals surface area (Å²) in [6.07, 6.45) is 3.37. The Kier molecular flexibility index (Phi) is 11.2. The quantitative estimate of drug-likeness (QED) is 0.265. The van der Waals surface area contributed by atoms with E-state index in [2.05, 4.69) is 0 Å². The number of hydrogen-bond acceptors (Lipinski definition) is 9. The molecular formula is C29H39FN4O7S2. The maximum Gasteiger partial charge on any atom is 0.249 e. The molecule has 0 saturated heterocycles. The number of amides is 1. The van der Waals surface area contributed by atoms with E-state index in [0.29, 0.717) is 5.56 Å². The Bertz CT molecular complexity index is 1580. The maximum atomic E-state index is 14.2. The van der Waals surface area contributed by atoms with Gasteiger partial charge in [0.2, 0.25) is 5.91 Å². The molecule has 0 aliphatic rings. The highest BCUT2D eigenvalue weighted by Gasteiger charge is 2.57. The molecule has 11 nitrogen and oxygen atoms in total. The first-order valence-corrected chi connectivity index (χ1v) is 17.2. The van der Waals surface area contributed by atoms with Gasteiger partial charge in [0.05, 0.1) is 12.3 Å². The summed E-state index contributed by atoms with van der Waals surface area (Å²) < 4.78 is 77.7. The van der Waals surface area contributed by atoms with Crippen molar-refractivity contribution in [2.45, 2.75) is 36.1 Å². The van der Waals surface area contributed by atoms with E-state index < -0.39 is 54.2 Å². The van der Waals surface area contributed by atoms with Crippen molar-refractivity contribution in [3.05, 3.63) is 78.0 Å². The fourth-order valence-corrected chi connectivity index (χ4v) is 8.36. The lowest BCUT2D eigenvalue weighted by atomic mass is 10.1. The van der Waals surface area contributed by atoms with Crippen LogP contribution in [0.4, 0.5) is 4.39 Å². The predicted octanol–water partition coefficient (Wildman–Crippen LogP) is 2.42. The molecule has 14 heteroatoms. The Balaban J connectivity index is 2.40. The Hall–Kier alpha value is -3.17. The summed E-state index contributed by atoms with van der Waals surface area (Å²) in [6, 6.07) is 12.6. The SMILES string of the molecule is COCC(=O)N(CC[C@H](N)COC)[C@H](c1nc(-c2cccc(F)c2)cn1Cc1ccccc1)C(C)(S(C)(=O)=O)S(C)(=O)=O. The van der Waals surface area contributed by atoms with Crippen LogP contribution in [-0.4, -0.2) is 93.8 Å². The van der Waals surface area contributed by atoms with Gasteiger partial charge in [-0.05, 0) is 31.0 Å². The Labute approximate surface area is 252 Å². The van der Waals surface area contributed by atoms with Crippen molar-refractivity contribution in [1.82, 2.24) is 14.5 Å². The fourth-order valence-electron chi connectivity index (χ4n) is 4.89. The number of aromatic nitrogens is 2. The number of imidazole rings is 1. The fraction of sp³-hybridized carbons (Fsp3) is 0.448. The van der Waals surface area contributed by atoms with Crippen LogP contribution in [-0.2, 0) is 40.5 Å². The summed E-state index contributed by atoms with van der Waals surface area (Å²) in [7, 11) is -6.15. The lowest BCUT2D eigenvalue weighted by Gasteiger charge is -2.41. The largest absolute Gasteiger partial charge is 0.383 e. The second-order valence-corrected chi connectivity index (χ2v) is 15.6. The van der Waals surface area contributed by atoms with Gasteiger partial charge in [0.1, 0.15) is 24.3 Å². The predicted molar refractivity (Wildman–Crippen MR) is 162 cm³/mol. The molecule has 236 valence electrons. The highest BCUT2D eigenvalue weighted by molar-refractivity contribution is 8.09. The summed E-state index contributed by atoms with van der Waals surface area (Å²) in [5.74, 6) is -1.21. The van der Waals surface area contributed by atoms with Crippen molar-refractivity contribution in [3.63, 3.8) is 0 Å². The third-order valence-corrected chi connectivity index (χ3v) is 12.6. The van der Waals surface area contributed by atoms with Gasteiger partial charge in [0.25, 0.3) is 0 Å². The number of benzene rings is 2. The molecule has 3 rings (SSSR count). The van der Waals surface area contributed by atoms with E-state index in [1.165, 1.54) is 32.4 Å². The first kappa shape index (κ1) is 34.3. The van der Waals surface area contributed by atoms with E-state index in [4.69, 9.17) is 20.2 Å². The monoisotopic (exact) mass is 638 g/mol. The molecule has 0 bridgehead atoms. The van der Waals surface area contributed by atoms with Crippen LogP contribution in [0, 0.1) is 5.82 Å². The summed E-state index contributed by atoms with van der Waals surface area (Å²) in [4.78, 5) is 19.5. The molecule has 0 aliphatic heterocycles. The number of nitrogens with zero attached hydrogens (tertiary/aromatic N) is 3. The number of carbonyl (C=O) groups is 1. The molecule has 0 spiro atoms. The lowest BCUT2D eigenvalue weighted by Crippen LogP contribution is -2.57. The van der Waals surface area contributed by atoms with E-state index in [1.807, 2.05) is 30.3 Å². The molecule has 43 heavy (non-hydrogen) atoms. The summed E-state index contributed by atoms with van der Waals surface area (Å²) in [5.41, 5.74) is 7.60. The molecular weight excluding hydrogens is 599 g/mol. The molecule has 1 heterocycles. The number of nitrogens with two attached hydrogens (primary N) is 1. The normalized spacial score (nSPS) is 13.9. The van der Waals surface area contributed by atoms with Crippen LogP contribution in [0.25, 0.3) is 11.3 Å². The van der Waals surface area contributed by atoms with Gasteiger partial charge in [0, 0.05) is 57.6 Å². The van der Waals surface area contributed by atoms with Gasteiger partial charge in [0.15, 0.2) is 23.8 Å². The molecule has 3 aromatic rings. The second-order valence-electron chi connectivity index (χ2n) is 10.6. The number of methoxy groups -OCH3 is 2. The third-order valence-electron chi connectivity index (χ3n) is 7.36. The van der Waals surface area contributed by atoms with E-state index in [0.717, 1.165) is 29.9 Å². The van der Waals surface area contributed by atoms with Gasteiger partial charge in [-0.25, -0.2) is 26.2 Å². The summed E-state index contributed by atoms with van der Waals surface area (Å²) in [6.45, 7) is 0.780. The molecule has 1 amide bonds. The van der Waals surface area contributed by atoms with Crippen LogP contribution in [0.1, 0.15) is 30.8 Å². The molecule has 0 fully saturated rings. The molecule has 1 aromatic heterocycles. The molecule has 0 aliphatic carbocycles. The molecule has 2 atom stereocenters. The van der Waals surface area contributed by atoms with E-state index in [9.17, 15) is 26.0 Å². The highest BCUT2D eigenvalue weighted by atomic mass is 32.3. The van der Waals surface area contributed by atoms with Crippen LogP contribution in [0.3, 0.4) is 0 Å². The van der Waals surface area contributed by atoms with Crippen LogP contribution >= 0.6 is 0 Å². The van der Waals surface area contributed by atoms with Gasteiger partial charge in [-0.15, -0.1) is 0 Å². The molecule has 0 saturated carbocycles. The first-order chi connectivity index (χ1) is 20.1. The van der Waals surface area contributed by atoms with E-state index >= 15 is 0 Å².